The highest BCUT2D eigenvalue weighted by Crippen LogP contribution is 2.39. The zero-order valence-corrected chi connectivity index (χ0v) is 12.5. The first-order chi connectivity index (χ1) is 8.37. The lowest BCUT2D eigenvalue weighted by Gasteiger charge is -2.40. The van der Waals surface area contributed by atoms with Gasteiger partial charge >= 0.3 is 0 Å². The van der Waals surface area contributed by atoms with E-state index in [1.807, 2.05) is 0 Å². The van der Waals surface area contributed by atoms with E-state index >= 15 is 0 Å². The standard InChI is InChI=1S/C17H27N/c1-12-6-7-15(10-13(12)2)18-16-8-9-17(4,5)11-14(16)3/h6-7,10,14,16,18H,8-9,11H2,1-5H3. The van der Waals surface area contributed by atoms with Gasteiger partial charge in [-0.3, -0.25) is 0 Å². The Kier molecular flexibility index (Phi) is 3.70. The first kappa shape index (κ1) is 13.5. The predicted octanol–water partition coefficient (Wildman–Crippen LogP) is 4.93. The van der Waals surface area contributed by atoms with Crippen molar-refractivity contribution in [3.05, 3.63) is 29.3 Å². The molecular formula is C17H27N. The Labute approximate surface area is 112 Å². The lowest BCUT2D eigenvalue weighted by molar-refractivity contribution is 0.177. The van der Waals surface area contributed by atoms with E-state index in [0.717, 1.165) is 5.92 Å². The van der Waals surface area contributed by atoms with Crippen molar-refractivity contribution in [1.29, 1.82) is 0 Å². The maximum absolute atomic E-state index is 3.74. The third-order valence-electron chi connectivity index (χ3n) is 4.55. The van der Waals surface area contributed by atoms with E-state index in [4.69, 9.17) is 0 Å². The Hall–Kier alpha value is -0.980. The van der Waals surface area contributed by atoms with Crippen LogP contribution in [0.5, 0.6) is 0 Å². The van der Waals surface area contributed by atoms with Crippen LogP contribution in [0, 0.1) is 25.2 Å². The van der Waals surface area contributed by atoms with Crippen LogP contribution in [0.25, 0.3) is 0 Å². The molecule has 0 radical (unpaired) electrons. The fraction of sp³-hybridized carbons (Fsp3) is 0.647. The highest BCUT2D eigenvalue weighted by molar-refractivity contribution is 5.48. The molecule has 1 fully saturated rings. The van der Waals surface area contributed by atoms with Crippen molar-refractivity contribution in [3.63, 3.8) is 0 Å². The number of rotatable bonds is 2. The van der Waals surface area contributed by atoms with Crippen LogP contribution in [0.15, 0.2) is 18.2 Å². The van der Waals surface area contributed by atoms with E-state index < -0.39 is 0 Å². The van der Waals surface area contributed by atoms with Gasteiger partial charge in [-0.05, 0) is 67.7 Å². The molecule has 1 saturated carbocycles. The Balaban J connectivity index is 2.03. The molecule has 2 unspecified atom stereocenters. The van der Waals surface area contributed by atoms with E-state index in [9.17, 15) is 0 Å². The zero-order valence-electron chi connectivity index (χ0n) is 12.5. The average molecular weight is 245 g/mol. The molecule has 2 atom stereocenters. The van der Waals surface area contributed by atoms with E-state index in [1.165, 1.54) is 36.1 Å². The minimum atomic E-state index is 0.529. The third-order valence-corrected chi connectivity index (χ3v) is 4.55. The van der Waals surface area contributed by atoms with Gasteiger partial charge in [0, 0.05) is 11.7 Å². The van der Waals surface area contributed by atoms with Crippen LogP contribution in [-0.2, 0) is 0 Å². The molecule has 0 bridgehead atoms. The molecule has 100 valence electrons. The number of nitrogens with one attached hydrogen (secondary N) is 1. The minimum absolute atomic E-state index is 0.529. The second kappa shape index (κ2) is 4.95. The van der Waals surface area contributed by atoms with Gasteiger partial charge in [-0.1, -0.05) is 26.8 Å². The SMILES string of the molecule is Cc1ccc(NC2CCC(C)(C)CC2C)cc1C. The number of anilines is 1. The largest absolute Gasteiger partial charge is 0.382 e. The van der Waals surface area contributed by atoms with Gasteiger partial charge < -0.3 is 5.32 Å². The molecule has 0 spiro atoms. The summed E-state index contributed by atoms with van der Waals surface area (Å²) in [6.07, 6.45) is 3.95. The van der Waals surface area contributed by atoms with Crippen LogP contribution in [0.2, 0.25) is 0 Å². The Morgan fingerprint density at radius 3 is 2.50 bits per heavy atom. The molecular weight excluding hydrogens is 218 g/mol. The summed E-state index contributed by atoms with van der Waals surface area (Å²) in [5, 5.41) is 3.74. The van der Waals surface area contributed by atoms with Crippen LogP contribution in [0.3, 0.4) is 0 Å². The van der Waals surface area contributed by atoms with Gasteiger partial charge in [-0.25, -0.2) is 0 Å². The van der Waals surface area contributed by atoms with Crippen molar-refractivity contribution in [3.8, 4) is 0 Å². The van der Waals surface area contributed by atoms with Gasteiger partial charge in [-0.15, -0.1) is 0 Å². The minimum Gasteiger partial charge on any atom is -0.382 e. The van der Waals surface area contributed by atoms with Crippen molar-refractivity contribution in [2.24, 2.45) is 11.3 Å². The van der Waals surface area contributed by atoms with E-state index in [1.54, 1.807) is 0 Å². The number of aryl methyl sites for hydroxylation is 2. The molecule has 1 aromatic carbocycles. The molecule has 0 aromatic heterocycles. The van der Waals surface area contributed by atoms with Crippen LogP contribution in [0.4, 0.5) is 5.69 Å². The van der Waals surface area contributed by atoms with Crippen molar-refractivity contribution >= 4 is 5.69 Å². The first-order valence-electron chi connectivity index (χ1n) is 7.21. The van der Waals surface area contributed by atoms with Crippen molar-refractivity contribution in [2.45, 2.75) is 59.9 Å². The summed E-state index contributed by atoms with van der Waals surface area (Å²) in [6.45, 7) is 11.5. The van der Waals surface area contributed by atoms with Crippen LogP contribution in [0.1, 0.15) is 51.2 Å². The Bertz CT molecular complexity index is 420. The highest BCUT2D eigenvalue weighted by atomic mass is 14.9. The maximum Gasteiger partial charge on any atom is 0.0345 e. The maximum atomic E-state index is 3.74. The quantitative estimate of drug-likeness (QED) is 0.779. The van der Waals surface area contributed by atoms with Gasteiger partial charge in [0.15, 0.2) is 0 Å². The topological polar surface area (TPSA) is 12.0 Å². The molecule has 1 N–H and O–H groups in total. The molecule has 1 aliphatic rings. The fourth-order valence-electron chi connectivity index (χ4n) is 3.21. The normalized spacial score (nSPS) is 26.9. The van der Waals surface area contributed by atoms with E-state index in [2.05, 4.69) is 58.1 Å². The Morgan fingerprint density at radius 1 is 1.17 bits per heavy atom. The monoisotopic (exact) mass is 245 g/mol. The number of hydrogen-bond donors (Lipinski definition) is 1. The molecule has 1 aliphatic carbocycles. The van der Waals surface area contributed by atoms with Crippen LogP contribution < -0.4 is 5.32 Å². The number of benzene rings is 1. The third kappa shape index (κ3) is 3.07. The lowest BCUT2D eigenvalue weighted by atomic mass is 9.70. The summed E-state index contributed by atoms with van der Waals surface area (Å²) in [7, 11) is 0. The molecule has 0 amide bonds. The summed E-state index contributed by atoms with van der Waals surface area (Å²) >= 11 is 0. The molecule has 18 heavy (non-hydrogen) atoms. The summed E-state index contributed by atoms with van der Waals surface area (Å²) in [5.74, 6) is 0.760. The first-order valence-corrected chi connectivity index (χ1v) is 7.21. The lowest BCUT2D eigenvalue weighted by Crippen LogP contribution is -2.36. The van der Waals surface area contributed by atoms with Crippen molar-refractivity contribution < 1.29 is 0 Å². The summed E-state index contributed by atoms with van der Waals surface area (Å²) in [6, 6.07) is 7.35. The second-order valence-electron chi connectivity index (χ2n) is 6.93. The van der Waals surface area contributed by atoms with Crippen LogP contribution in [-0.4, -0.2) is 6.04 Å². The Morgan fingerprint density at radius 2 is 1.89 bits per heavy atom. The smallest absolute Gasteiger partial charge is 0.0345 e. The van der Waals surface area contributed by atoms with Gasteiger partial charge in [0.25, 0.3) is 0 Å². The van der Waals surface area contributed by atoms with Crippen LogP contribution >= 0.6 is 0 Å². The molecule has 1 heteroatoms. The number of hydrogen-bond acceptors (Lipinski definition) is 1. The molecule has 2 rings (SSSR count). The molecule has 0 aliphatic heterocycles. The summed E-state index contributed by atoms with van der Waals surface area (Å²) in [5.41, 5.74) is 4.57. The van der Waals surface area contributed by atoms with Crippen molar-refractivity contribution in [2.75, 3.05) is 5.32 Å². The average Bonchev–Trinajstić information content (AvgIpc) is 2.27. The summed E-state index contributed by atoms with van der Waals surface area (Å²) < 4.78 is 0. The fourth-order valence-corrected chi connectivity index (χ4v) is 3.21. The van der Waals surface area contributed by atoms with Gasteiger partial charge in [0.2, 0.25) is 0 Å². The van der Waals surface area contributed by atoms with Gasteiger partial charge in [0.05, 0.1) is 0 Å². The van der Waals surface area contributed by atoms with E-state index in [-0.39, 0.29) is 0 Å². The molecule has 0 heterocycles. The molecule has 1 nitrogen and oxygen atoms in total. The summed E-state index contributed by atoms with van der Waals surface area (Å²) in [4.78, 5) is 0. The van der Waals surface area contributed by atoms with Crippen molar-refractivity contribution in [1.82, 2.24) is 0 Å². The zero-order chi connectivity index (χ0) is 13.3. The predicted molar refractivity (Wildman–Crippen MR) is 80.1 cm³/mol. The molecule has 1 aromatic rings. The molecule has 0 saturated heterocycles. The highest BCUT2D eigenvalue weighted by Gasteiger charge is 2.32. The van der Waals surface area contributed by atoms with E-state index in [0.29, 0.717) is 11.5 Å². The second-order valence-corrected chi connectivity index (χ2v) is 6.93. The van der Waals surface area contributed by atoms with Gasteiger partial charge in [0.1, 0.15) is 0 Å². The van der Waals surface area contributed by atoms with Gasteiger partial charge in [-0.2, -0.15) is 0 Å².